The molecule has 0 radical (unpaired) electrons. The summed E-state index contributed by atoms with van der Waals surface area (Å²) in [6, 6.07) is 3.39. The number of rotatable bonds is 4. The molecule has 0 N–H and O–H groups in total. The molecule has 1 aromatic carbocycles. The lowest BCUT2D eigenvalue weighted by Gasteiger charge is -2.07. The lowest BCUT2D eigenvalue weighted by Crippen LogP contribution is -1.98. The van der Waals surface area contributed by atoms with Gasteiger partial charge in [0.15, 0.2) is 6.29 Å². The van der Waals surface area contributed by atoms with Crippen molar-refractivity contribution < 1.29 is 4.79 Å². The van der Waals surface area contributed by atoms with E-state index in [0.717, 1.165) is 31.2 Å². The highest BCUT2D eigenvalue weighted by atomic mass is 35.5. The number of carbonyl (C=O) groups excluding carboxylic acids is 1. The Balaban J connectivity index is 2.76. The fourth-order valence-corrected chi connectivity index (χ4v) is 2.95. The zero-order chi connectivity index (χ0) is 13.3. The third-order valence-corrected chi connectivity index (χ3v) is 3.81. The van der Waals surface area contributed by atoms with Crippen LogP contribution in [0.5, 0.6) is 0 Å². The lowest BCUT2D eigenvalue weighted by atomic mass is 10.2. The van der Waals surface area contributed by atoms with Crippen LogP contribution in [-0.4, -0.2) is 10.9 Å². The first-order valence-electron chi connectivity index (χ1n) is 5.72. The topological polar surface area (TPSA) is 22.0 Å². The summed E-state index contributed by atoms with van der Waals surface area (Å²) < 4.78 is 1.88. The largest absolute Gasteiger partial charge is 0.330 e. The Labute approximate surface area is 120 Å². The molecule has 0 aliphatic heterocycles. The molecule has 96 valence electrons. The second-order valence-electron chi connectivity index (χ2n) is 4.11. The Kier molecular flexibility index (Phi) is 4.21. The standard InChI is InChI=1S/C13H12Cl3NO/c1-2-3-4-17-12-9(10(7-18)13(17)16)5-8(14)6-11(12)15/h5-7H,2-4H2,1H3. The molecule has 1 aromatic heterocycles. The van der Waals surface area contributed by atoms with Gasteiger partial charge in [-0.1, -0.05) is 48.1 Å². The number of unbranched alkanes of at least 4 members (excludes halogenated alkanes) is 1. The number of aromatic nitrogens is 1. The Morgan fingerprint density at radius 2 is 2.00 bits per heavy atom. The number of halogens is 3. The molecule has 0 atom stereocenters. The van der Waals surface area contributed by atoms with E-state index in [1.165, 1.54) is 0 Å². The average molecular weight is 305 g/mol. The van der Waals surface area contributed by atoms with E-state index < -0.39 is 0 Å². The van der Waals surface area contributed by atoms with Gasteiger partial charge in [-0.2, -0.15) is 0 Å². The van der Waals surface area contributed by atoms with Crippen LogP contribution in [0.2, 0.25) is 15.2 Å². The summed E-state index contributed by atoms with van der Waals surface area (Å²) >= 11 is 18.4. The second kappa shape index (κ2) is 5.52. The number of hydrogen-bond acceptors (Lipinski definition) is 1. The molecular formula is C13H12Cl3NO. The van der Waals surface area contributed by atoms with E-state index >= 15 is 0 Å². The van der Waals surface area contributed by atoms with E-state index in [-0.39, 0.29) is 0 Å². The molecular weight excluding hydrogens is 293 g/mol. The minimum absolute atomic E-state index is 0.428. The molecule has 0 amide bonds. The van der Waals surface area contributed by atoms with Crippen LogP contribution in [0, 0.1) is 0 Å². The van der Waals surface area contributed by atoms with E-state index in [1.807, 2.05) is 4.57 Å². The fourth-order valence-electron chi connectivity index (χ4n) is 2.04. The molecule has 2 aromatic rings. The van der Waals surface area contributed by atoms with Gasteiger partial charge >= 0.3 is 0 Å². The zero-order valence-electron chi connectivity index (χ0n) is 9.84. The number of nitrogens with zero attached hydrogens (tertiary/aromatic N) is 1. The minimum atomic E-state index is 0.428. The zero-order valence-corrected chi connectivity index (χ0v) is 12.1. The molecule has 2 nitrogen and oxygen atoms in total. The van der Waals surface area contributed by atoms with Gasteiger partial charge in [-0.3, -0.25) is 4.79 Å². The van der Waals surface area contributed by atoms with E-state index in [9.17, 15) is 4.79 Å². The van der Waals surface area contributed by atoms with Crippen LogP contribution >= 0.6 is 34.8 Å². The molecule has 0 saturated carbocycles. The molecule has 0 fully saturated rings. The number of hydrogen-bond donors (Lipinski definition) is 0. The summed E-state index contributed by atoms with van der Waals surface area (Å²) in [5.74, 6) is 0. The normalized spacial score (nSPS) is 11.1. The number of aldehydes is 1. The van der Waals surface area contributed by atoms with Crippen molar-refractivity contribution in [2.45, 2.75) is 26.3 Å². The van der Waals surface area contributed by atoms with Gasteiger partial charge in [-0.15, -0.1) is 0 Å². The van der Waals surface area contributed by atoms with Crippen LogP contribution in [0.3, 0.4) is 0 Å². The van der Waals surface area contributed by atoms with Crippen molar-refractivity contribution in [1.29, 1.82) is 0 Å². The van der Waals surface area contributed by atoms with Crippen molar-refractivity contribution in [3.63, 3.8) is 0 Å². The monoisotopic (exact) mass is 303 g/mol. The number of fused-ring (bicyclic) bond motifs is 1. The van der Waals surface area contributed by atoms with Crippen molar-refractivity contribution in [2.24, 2.45) is 0 Å². The second-order valence-corrected chi connectivity index (χ2v) is 5.31. The summed E-state index contributed by atoms with van der Waals surface area (Å²) in [7, 11) is 0. The summed E-state index contributed by atoms with van der Waals surface area (Å²) in [5, 5.41) is 2.16. The highest BCUT2D eigenvalue weighted by Gasteiger charge is 2.17. The highest BCUT2D eigenvalue weighted by molar-refractivity contribution is 6.40. The molecule has 0 aliphatic rings. The van der Waals surface area contributed by atoms with Crippen molar-refractivity contribution in [3.8, 4) is 0 Å². The van der Waals surface area contributed by atoms with Crippen LogP contribution in [0.4, 0.5) is 0 Å². The predicted molar refractivity (Wildman–Crippen MR) is 77.3 cm³/mol. The Morgan fingerprint density at radius 1 is 1.28 bits per heavy atom. The molecule has 0 saturated heterocycles. The van der Waals surface area contributed by atoms with E-state index in [1.54, 1.807) is 12.1 Å². The van der Waals surface area contributed by atoms with Crippen LogP contribution < -0.4 is 0 Å². The molecule has 0 aliphatic carbocycles. The van der Waals surface area contributed by atoms with E-state index in [0.29, 0.717) is 26.1 Å². The third-order valence-electron chi connectivity index (χ3n) is 2.90. The van der Waals surface area contributed by atoms with Gasteiger partial charge in [0.2, 0.25) is 0 Å². The summed E-state index contributed by atoms with van der Waals surface area (Å²) in [6.07, 6.45) is 2.76. The minimum Gasteiger partial charge on any atom is -0.330 e. The molecule has 2 rings (SSSR count). The highest BCUT2D eigenvalue weighted by Crippen LogP contribution is 2.36. The molecule has 1 heterocycles. The maximum Gasteiger partial charge on any atom is 0.153 e. The smallest absolute Gasteiger partial charge is 0.153 e. The molecule has 5 heteroatoms. The maximum absolute atomic E-state index is 11.2. The van der Waals surface area contributed by atoms with Crippen LogP contribution in [-0.2, 0) is 6.54 Å². The van der Waals surface area contributed by atoms with Gasteiger partial charge in [0.25, 0.3) is 0 Å². The first kappa shape index (κ1) is 13.7. The molecule has 18 heavy (non-hydrogen) atoms. The number of carbonyl (C=O) groups is 1. The summed E-state index contributed by atoms with van der Waals surface area (Å²) in [4.78, 5) is 11.2. The molecule has 0 bridgehead atoms. The first-order valence-corrected chi connectivity index (χ1v) is 6.85. The van der Waals surface area contributed by atoms with Crippen molar-refractivity contribution in [1.82, 2.24) is 4.57 Å². The van der Waals surface area contributed by atoms with Crippen LogP contribution in [0.15, 0.2) is 12.1 Å². The Bertz CT molecular complexity index is 604. The Hall–Kier alpha value is -0.700. The first-order chi connectivity index (χ1) is 8.60. The van der Waals surface area contributed by atoms with Gasteiger partial charge < -0.3 is 4.57 Å². The quantitative estimate of drug-likeness (QED) is 0.710. The van der Waals surface area contributed by atoms with Gasteiger partial charge in [0.1, 0.15) is 5.15 Å². The fraction of sp³-hybridized carbons (Fsp3) is 0.308. The SMILES string of the molecule is CCCCn1c(Cl)c(C=O)c2cc(Cl)cc(Cl)c21. The summed E-state index contributed by atoms with van der Waals surface area (Å²) in [6.45, 7) is 2.83. The van der Waals surface area contributed by atoms with Crippen molar-refractivity contribution in [3.05, 3.63) is 32.9 Å². The van der Waals surface area contributed by atoms with Crippen molar-refractivity contribution >= 4 is 52.0 Å². The molecule has 0 spiro atoms. The van der Waals surface area contributed by atoms with Crippen LogP contribution in [0.1, 0.15) is 30.1 Å². The van der Waals surface area contributed by atoms with Gasteiger partial charge in [-0.25, -0.2) is 0 Å². The number of aryl methyl sites for hydroxylation is 1. The van der Waals surface area contributed by atoms with Crippen molar-refractivity contribution in [2.75, 3.05) is 0 Å². The van der Waals surface area contributed by atoms with Gasteiger partial charge in [-0.05, 0) is 18.6 Å². The van der Waals surface area contributed by atoms with E-state index in [4.69, 9.17) is 34.8 Å². The van der Waals surface area contributed by atoms with Crippen LogP contribution in [0.25, 0.3) is 10.9 Å². The van der Waals surface area contributed by atoms with Gasteiger partial charge in [0, 0.05) is 17.0 Å². The predicted octanol–water partition coefficient (Wildman–Crippen LogP) is 5.21. The maximum atomic E-state index is 11.2. The average Bonchev–Trinajstić information content (AvgIpc) is 2.58. The van der Waals surface area contributed by atoms with E-state index in [2.05, 4.69) is 6.92 Å². The van der Waals surface area contributed by atoms with Gasteiger partial charge in [0.05, 0.1) is 16.1 Å². The summed E-state index contributed by atoms with van der Waals surface area (Å²) in [5.41, 5.74) is 1.23. The lowest BCUT2D eigenvalue weighted by molar-refractivity contribution is 0.112. The Morgan fingerprint density at radius 3 is 2.61 bits per heavy atom. The molecule has 0 unspecified atom stereocenters. The third kappa shape index (κ3) is 2.25. The number of benzene rings is 1.